The topological polar surface area (TPSA) is 137 Å². The van der Waals surface area contributed by atoms with E-state index in [4.69, 9.17) is 0 Å². The van der Waals surface area contributed by atoms with E-state index in [1.54, 1.807) is 4.90 Å². The standard InChI is InChI=1S/C61H118N12S4/c1-10-18-22-38(14-5)34-74-42-26-46-50(62-30-42)57-66-54(46)67-58-51-48(28-44(31-63-51)76-36-40(16-7)24-20-12-3)56(70-58)71-61-53-49(29-45(33-65-53)77-37-41(17-8)25-21-13-4)60(73(61)9)72-59-52-47(55(68-57)69-59)27-43(32-64-52)75-35-39(15-6)23-19-11-2/h38-72H,10-37H2,1-9H3/p+1. The smallest absolute Gasteiger partial charge is 0.159 e. The van der Waals surface area contributed by atoms with Gasteiger partial charge >= 0.3 is 0 Å². The molecule has 0 aliphatic carbocycles. The number of unbranched alkanes of at least 4 members (excludes halogenated alkanes) is 4. The minimum Gasteiger partial charge on any atom is -0.310 e. The van der Waals surface area contributed by atoms with Crippen LogP contribution in [-0.2, 0) is 0 Å². The van der Waals surface area contributed by atoms with Gasteiger partial charge < -0.3 is 26.2 Å². The fraction of sp³-hybridized carbons (Fsp3) is 1.00. The lowest BCUT2D eigenvalue weighted by molar-refractivity contribution is -0.926. The molecule has 0 aromatic carbocycles. The summed E-state index contributed by atoms with van der Waals surface area (Å²) in [6, 6.07) is 1.55. The van der Waals surface area contributed by atoms with Crippen LogP contribution in [0.5, 0.6) is 0 Å². The molecule has 25 atom stereocenters. The van der Waals surface area contributed by atoms with Crippen LogP contribution in [0.25, 0.3) is 0 Å². The Hall–Kier alpha value is 0.920. The van der Waals surface area contributed by atoms with Crippen LogP contribution in [-0.4, -0.2) is 151 Å². The van der Waals surface area contributed by atoms with Crippen LogP contribution >= 0.6 is 47.0 Å². The van der Waals surface area contributed by atoms with E-state index in [2.05, 4.69) is 168 Å². The number of nitrogens with one attached hydrogen (secondary N) is 12. The number of piperidine rings is 4. The lowest BCUT2D eigenvalue weighted by Gasteiger charge is -2.40. The molecule has 0 aromatic rings. The van der Waals surface area contributed by atoms with Gasteiger partial charge in [-0.05, 0) is 98.0 Å². The molecule has 9 aliphatic rings. The molecule has 16 heteroatoms. The van der Waals surface area contributed by atoms with Crippen LogP contribution in [0.3, 0.4) is 0 Å². The number of hydrogen-bond acceptors (Lipinski definition) is 15. The van der Waals surface area contributed by atoms with E-state index < -0.39 is 0 Å². The molecule has 0 aromatic heterocycles. The van der Waals surface area contributed by atoms with Gasteiger partial charge in [0.25, 0.3) is 0 Å². The van der Waals surface area contributed by atoms with Gasteiger partial charge in [-0.15, -0.1) is 0 Å². The second kappa shape index (κ2) is 31.4. The van der Waals surface area contributed by atoms with Crippen molar-refractivity contribution in [1.29, 1.82) is 0 Å². The molecular formula is C61H119N12S4+. The zero-order chi connectivity index (χ0) is 53.8. The monoisotopic (exact) mass is 1150 g/mol. The lowest BCUT2D eigenvalue weighted by Crippen LogP contribution is -3.19. The number of hydrogen-bond donors (Lipinski definition) is 12. The van der Waals surface area contributed by atoms with Crippen LogP contribution in [0.4, 0.5) is 0 Å². The highest BCUT2D eigenvalue weighted by Crippen LogP contribution is 2.41. The lowest BCUT2D eigenvalue weighted by atomic mass is 9.87. The predicted molar refractivity (Wildman–Crippen MR) is 337 cm³/mol. The predicted octanol–water partition coefficient (Wildman–Crippen LogP) is 7.49. The summed E-state index contributed by atoms with van der Waals surface area (Å²) in [6.07, 6.45) is 28.4. The first-order valence-corrected chi connectivity index (χ1v) is 37.4. The molecule has 8 bridgehead atoms. The highest BCUT2D eigenvalue weighted by Gasteiger charge is 2.59. The van der Waals surface area contributed by atoms with Crippen molar-refractivity contribution >= 4 is 47.0 Å². The quantitative estimate of drug-likeness (QED) is 0.0377. The summed E-state index contributed by atoms with van der Waals surface area (Å²) >= 11 is 9.17. The second-order valence-electron chi connectivity index (χ2n) is 26.6. The first-order chi connectivity index (χ1) is 37.7. The first-order valence-electron chi connectivity index (χ1n) is 33.2. The maximum absolute atomic E-state index is 4.55. The van der Waals surface area contributed by atoms with Crippen LogP contribution in [0, 0.1) is 47.3 Å². The largest absolute Gasteiger partial charge is 0.310 e. The molecule has 446 valence electrons. The van der Waals surface area contributed by atoms with E-state index >= 15 is 0 Å². The van der Waals surface area contributed by atoms with Crippen molar-refractivity contribution in [3.8, 4) is 0 Å². The minimum absolute atomic E-state index is 0.177. The van der Waals surface area contributed by atoms with E-state index in [0.717, 1.165) is 49.9 Å². The van der Waals surface area contributed by atoms with Gasteiger partial charge in [0, 0.05) is 89.0 Å². The Labute approximate surface area is 489 Å². The summed E-state index contributed by atoms with van der Waals surface area (Å²) in [7, 11) is 2.55. The number of likely N-dealkylation sites (N-methyl/N-ethyl adjacent to an activating group) is 1. The van der Waals surface area contributed by atoms with E-state index in [-0.39, 0.29) is 37.0 Å². The summed E-state index contributed by atoms with van der Waals surface area (Å²) < 4.78 is 0. The molecule has 9 aliphatic heterocycles. The molecule has 12 nitrogen and oxygen atoms in total. The molecule has 9 rings (SSSR count). The van der Waals surface area contributed by atoms with Crippen molar-refractivity contribution in [2.45, 2.75) is 278 Å². The summed E-state index contributed by atoms with van der Waals surface area (Å²) in [5.41, 5.74) is 0. The van der Waals surface area contributed by atoms with Gasteiger partial charge in [0.15, 0.2) is 6.17 Å². The van der Waals surface area contributed by atoms with Gasteiger partial charge in [0.1, 0.15) is 6.17 Å². The third kappa shape index (κ3) is 15.9. The van der Waals surface area contributed by atoms with Crippen LogP contribution in [0.1, 0.15) is 184 Å². The molecule has 0 spiro atoms. The molecule has 9 fully saturated rings. The van der Waals surface area contributed by atoms with Gasteiger partial charge in [0.2, 0.25) is 0 Å². The van der Waals surface area contributed by atoms with Crippen molar-refractivity contribution in [1.82, 2.24) is 58.5 Å². The fourth-order valence-electron chi connectivity index (χ4n) is 16.1. The van der Waals surface area contributed by atoms with Crippen molar-refractivity contribution in [2.24, 2.45) is 47.3 Å². The van der Waals surface area contributed by atoms with Crippen molar-refractivity contribution in [3.05, 3.63) is 0 Å². The second-order valence-corrected chi connectivity index (χ2v) is 31.9. The minimum atomic E-state index is 0.177. The Morgan fingerprint density at radius 1 is 0.351 bits per heavy atom. The Morgan fingerprint density at radius 2 is 0.636 bits per heavy atom. The van der Waals surface area contributed by atoms with Crippen molar-refractivity contribution < 1.29 is 4.90 Å². The van der Waals surface area contributed by atoms with Gasteiger partial charge in [-0.25, -0.2) is 0 Å². The number of thioether (sulfide) groups is 4. The highest BCUT2D eigenvalue weighted by atomic mass is 32.2. The molecule has 9 saturated heterocycles. The van der Waals surface area contributed by atoms with Gasteiger partial charge in [0.05, 0.1) is 50.1 Å². The van der Waals surface area contributed by atoms with E-state index in [1.165, 1.54) is 151 Å². The number of rotatable bonds is 28. The van der Waals surface area contributed by atoms with Crippen LogP contribution in [0.15, 0.2) is 0 Å². The highest BCUT2D eigenvalue weighted by molar-refractivity contribution is 8.00. The van der Waals surface area contributed by atoms with Gasteiger partial charge in [-0.2, -0.15) is 47.0 Å². The Kier molecular flexibility index (Phi) is 25.4. The molecule has 0 saturated carbocycles. The average Bonchev–Trinajstić information content (AvgIpc) is 4.21. The fourth-order valence-corrected chi connectivity index (χ4v) is 22.2. The Balaban J connectivity index is 0.999. The Morgan fingerprint density at radius 3 is 0.961 bits per heavy atom. The SMILES string of the molecule is CCCCC(CC)CSC1CNC2C3NC(NC4NC(NC5C6NCC(SCC(CC)CCCC)CC6C(NC6NC(N3)C3CC(SCC(CC)CCCC)CNC63)[NH+]5C)C3CC(SCC(CC)CCCC)CNC43)C2C1. The average molecular weight is 1150 g/mol. The molecule has 25 unspecified atom stereocenters. The molecule has 0 amide bonds. The third-order valence-corrected chi connectivity index (χ3v) is 27.4. The van der Waals surface area contributed by atoms with Crippen molar-refractivity contribution in [3.63, 3.8) is 0 Å². The number of quaternary nitrogens is 1. The van der Waals surface area contributed by atoms with Gasteiger partial charge in [-0.3, -0.25) is 37.2 Å². The third-order valence-electron chi connectivity index (χ3n) is 21.4. The molecule has 12 N–H and O–H groups in total. The van der Waals surface area contributed by atoms with E-state index in [0.29, 0.717) is 81.2 Å². The summed E-state index contributed by atoms with van der Waals surface area (Å²) in [4.78, 5) is 1.63. The van der Waals surface area contributed by atoms with Crippen LogP contribution < -0.4 is 63.4 Å². The zero-order valence-corrected chi connectivity index (χ0v) is 53.6. The zero-order valence-electron chi connectivity index (χ0n) is 50.3. The maximum Gasteiger partial charge on any atom is 0.159 e. The summed E-state index contributed by atoms with van der Waals surface area (Å²) in [5.74, 6) is 10.6. The molecule has 9 heterocycles. The molecule has 0 radical (unpaired) electrons. The Bertz CT molecular complexity index is 1690. The van der Waals surface area contributed by atoms with E-state index in [9.17, 15) is 0 Å². The van der Waals surface area contributed by atoms with E-state index in [1.807, 2.05) is 0 Å². The van der Waals surface area contributed by atoms with Crippen LogP contribution in [0.2, 0.25) is 0 Å². The number of fused-ring (bicyclic) bond motifs is 20. The first kappa shape index (κ1) is 62.5. The molecular weight excluding hydrogens is 1030 g/mol. The summed E-state index contributed by atoms with van der Waals surface area (Å²) in [5, 5.41) is 51.0. The van der Waals surface area contributed by atoms with Crippen molar-refractivity contribution in [2.75, 3.05) is 56.2 Å². The normalized spacial score (nSPS) is 42.3. The molecule has 77 heavy (non-hydrogen) atoms. The summed E-state index contributed by atoms with van der Waals surface area (Å²) in [6.45, 7) is 23.6. The van der Waals surface area contributed by atoms with Gasteiger partial charge in [-0.1, -0.05) is 132 Å². The maximum atomic E-state index is 4.55.